The van der Waals surface area contributed by atoms with Crippen molar-refractivity contribution in [3.05, 3.63) is 94.3 Å². The molecule has 1 aliphatic rings. The van der Waals surface area contributed by atoms with Crippen LogP contribution in [0.25, 0.3) is 5.69 Å². The first-order valence-electron chi connectivity index (χ1n) is 10.4. The Bertz CT molecular complexity index is 1180. The maximum Gasteiger partial charge on any atom is 0.416 e. The van der Waals surface area contributed by atoms with Gasteiger partial charge in [0.2, 0.25) is 0 Å². The number of nitriles is 1. The Morgan fingerprint density at radius 1 is 1.12 bits per heavy atom. The molecule has 4 rings (SSSR count). The summed E-state index contributed by atoms with van der Waals surface area (Å²) in [6.45, 7) is 4.56. The van der Waals surface area contributed by atoms with Crippen molar-refractivity contribution in [2.45, 2.75) is 44.9 Å². The lowest BCUT2D eigenvalue weighted by Gasteiger charge is -2.15. The standard InChI is InChI=1S/C25H23F3N4/c1-16-24(17(2)32(31-16)23-10-7-21(8-11-23)25(26,27)28)20-6-9-22(13-20)30-15-19-5-3-4-18(12-19)14-29/h3-12,20,22,30H,13,15H2,1-2H3/t20-,22-/m1/s1. The molecule has 0 aliphatic heterocycles. The quantitative estimate of drug-likeness (QED) is 0.531. The molecule has 1 heterocycles. The zero-order valence-corrected chi connectivity index (χ0v) is 17.8. The van der Waals surface area contributed by atoms with Crippen molar-refractivity contribution in [2.24, 2.45) is 0 Å². The topological polar surface area (TPSA) is 53.6 Å². The van der Waals surface area contributed by atoms with Crippen LogP contribution in [0, 0.1) is 25.2 Å². The highest BCUT2D eigenvalue weighted by atomic mass is 19.4. The van der Waals surface area contributed by atoms with Gasteiger partial charge in [0.15, 0.2) is 0 Å². The molecule has 0 spiro atoms. The molecule has 1 N–H and O–H groups in total. The number of benzene rings is 2. The number of aromatic nitrogens is 2. The predicted octanol–water partition coefficient (Wildman–Crippen LogP) is 5.58. The first-order valence-corrected chi connectivity index (χ1v) is 10.4. The van der Waals surface area contributed by atoms with Gasteiger partial charge in [-0.2, -0.15) is 23.5 Å². The van der Waals surface area contributed by atoms with E-state index in [2.05, 4.69) is 28.6 Å². The summed E-state index contributed by atoms with van der Waals surface area (Å²) in [5, 5.41) is 17.2. The van der Waals surface area contributed by atoms with E-state index in [1.165, 1.54) is 12.1 Å². The summed E-state index contributed by atoms with van der Waals surface area (Å²) >= 11 is 0. The third-order valence-corrected chi connectivity index (χ3v) is 5.87. The minimum atomic E-state index is -4.36. The second-order valence-electron chi connectivity index (χ2n) is 8.07. The molecule has 7 heteroatoms. The van der Waals surface area contributed by atoms with Crippen LogP contribution in [0.2, 0.25) is 0 Å². The summed E-state index contributed by atoms with van der Waals surface area (Å²) in [5.74, 6) is 0.182. The van der Waals surface area contributed by atoms with Crippen LogP contribution in [0.15, 0.2) is 60.7 Å². The SMILES string of the molecule is Cc1nn(-c2ccc(C(F)(F)F)cc2)c(C)c1[C@@H]1C=C[C@@H](NCc2cccc(C#N)c2)C1. The van der Waals surface area contributed by atoms with Crippen molar-refractivity contribution >= 4 is 0 Å². The molecule has 1 aliphatic carbocycles. The normalized spacial score (nSPS) is 18.1. The molecule has 0 saturated heterocycles. The molecule has 0 bridgehead atoms. The molecule has 164 valence electrons. The molecule has 3 aromatic rings. The number of halogens is 3. The van der Waals surface area contributed by atoms with Crippen molar-refractivity contribution in [1.82, 2.24) is 15.1 Å². The highest BCUT2D eigenvalue weighted by Gasteiger charge is 2.30. The van der Waals surface area contributed by atoms with Gasteiger partial charge in [-0.05, 0) is 62.2 Å². The smallest absolute Gasteiger partial charge is 0.306 e. The Kier molecular flexibility index (Phi) is 5.90. The molecular weight excluding hydrogens is 413 g/mol. The zero-order chi connectivity index (χ0) is 22.9. The van der Waals surface area contributed by atoms with E-state index in [1.54, 1.807) is 10.7 Å². The van der Waals surface area contributed by atoms with Crippen LogP contribution < -0.4 is 5.32 Å². The number of rotatable bonds is 5. The highest BCUT2D eigenvalue weighted by Crippen LogP contribution is 2.35. The molecule has 2 aromatic carbocycles. The molecule has 0 radical (unpaired) electrons. The van der Waals surface area contributed by atoms with Crippen molar-refractivity contribution in [1.29, 1.82) is 5.26 Å². The summed E-state index contributed by atoms with van der Waals surface area (Å²) in [6.07, 6.45) is 0.828. The van der Waals surface area contributed by atoms with Gasteiger partial charge in [0.25, 0.3) is 0 Å². The van der Waals surface area contributed by atoms with Crippen molar-refractivity contribution < 1.29 is 13.2 Å². The molecular formula is C25H23F3N4. The van der Waals surface area contributed by atoms with E-state index < -0.39 is 11.7 Å². The second kappa shape index (κ2) is 8.64. The van der Waals surface area contributed by atoms with Crippen LogP contribution in [0.3, 0.4) is 0 Å². The van der Waals surface area contributed by atoms with Gasteiger partial charge < -0.3 is 5.32 Å². The number of hydrogen-bond acceptors (Lipinski definition) is 3. The fraction of sp³-hybridized carbons (Fsp3) is 0.280. The molecule has 4 nitrogen and oxygen atoms in total. The third-order valence-electron chi connectivity index (χ3n) is 5.87. The van der Waals surface area contributed by atoms with E-state index in [1.807, 2.05) is 32.0 Å². The van der Waals surface area contributed by atoms with Crippen molar-refractivity contribution in [3.8, 4) is 11.8 Å². The van der Waals surface area contributed by atoms with Crippen LogP contribution in [-0.2, 0) is 12.7 Å². The summed E-state index contributed by atoms with van der Waals surface area (Å²) < 4.78 is 40.3. The van der Waals surface area contributed by atoms with E-state index in [4.69, 9.17) is 5.26 Å². The van der Waals surface area contributed by atoms with Crippen molar-refractivity contribution in [2.75, 3.05) is 0 Å². The van der Waals surface area contributed by atoms with E-state index in [0.29, 0.717) is 17.8 Å². The predicted molar refractivity (Wildman–Crippen MR) is 116 cm³/mol. The Morgan fingerprint density at radius 3 is 2.56 bits per heavy atom. The zero-order valence-electron chi connectivity index (χ0n) is 17.8. The lowest BCUT2D eigenvalue weighted by atomic mass is 9.96. The largest absolute Gasteiger partial charge is 0.416 e. The Balaban J connectivity index is 1.46. The van der Waals surface area contributed by atoms with E-state index >= 15 is 0 Å². The lowest BCUT2D eigenvalue weighted by molar-refractivity contribution is -0.137. The average Bonchev–Trinajstić information content (AvgIpc) is 3.35. The van der Waals surface area contributed by atoms with Crippen LogP contribution in [0.5, 0.6) is 0 Å². The van der Waals surface area contributed by atoms with Crippen LogP contribution in [-0.4, -0.2) is 15.8 Å². The average molecular weight is 436 g/mol. The summed E-state index contributed by atoms with van der Waals surface area (Å²) in [6, 6.07) is 15.0. The minimum Gasteiger partial charge on any atom is -0.306 e. The Morgan fingerprint density at radius 2 is 1.88 bits per heavy atom. The number of aryl methyl sites for hydroxylation is 1. The number of alkyl halides is 3. The molecule has 32 heavy (non-hydrogen) atoms. The highest BCUT2D eigenvalue weighted by molar-refractivity contribution is 5.42. The van der Waals surface area contributed by atoms with Crippen molar-refractivity contribution in [3.63, 3.8) is 0 Å². The van der Waals surface area contributed by atoms with Gasteiger partial charge in [0, 0.05) is 29.8 Å². The van der Waals surface area contributed by atoms with Crippen LogP contribution >= 0.6 is 0 Å². The third kappa shape index (κ3) is 4.46. The van der Waals surface area contributed by atoms with E-state index in [9.17, 15) is 13.2 Å². The number of nitrogens with zero attached hydrogens (tertiary/aromatic N) is 3. The van der Waals surface area contributed by atoms with Crippen LogP contribution in [0.4, 0.5) is 13.2 Å². The van der Waals surface area contributed by atoms with Gasteiger partial charge >= 0.3 is 6.18 Å². The fourth-order valence-corrected chi connectivity index (χ4v) is 4.30. The number of nitrogens with one attached hydrogen (secondary N) is 1. The minimum absolute atomic E-state index is 0.182. The first kappa shape index (κ1) is 21.8. The number of allylic oxidation sites excluding steroid dienone is 1. The second-order valence-corrected chi connectivity index (χ2v) is 8.07. The molecule has 1 aromatic heterocycles. The monoisotopic (exact) mass is 436 g/mol. The Labute approximate surface area is 185 Å². The fourth-order valence-electron chi connectivity index (χ4n) is 4.30. The molecule has 2 atom stereocenters. The summed E-state index contributed by atoms with van der Waals surface area (Å²) in [5.41, 5.74) is 4.56. The number of hydrogen-bond donors (Lipinski definition) is 1. The van der Waals surface area contributed by atoms with E-state index in [-0.39, 0.29) is 12.0 Å². The maximum atomic E-state index is 12.9. The van der Waals surface area contributed by atoms with Gasteiger partial charge in [-0.1, -0.05) is 24.3 Å². The van der Waals surface area contributed by atoms with Gasteiger partial charge in [0.05, 0.1) is 28.6 Å². The van der Waals surface area contributed by atoms with Gasteiger partial charge in [0.1, 0.15) is 0 Å². The Hall–Kier alpha value is -3.37. The van der Waals surface area contributed by atoms with E-state index in [0.717, 1.165) is 41.1 Å². The lowest BCUT2D eigenvalue weighted by Crippen LogP contribution is -2.25. The maximum absolute atomic E-state index is 12.9. The first-order chi connectivity index (χ1) is 15.3. The summed E-state index contributed by atoms with van der Waals surface area (Å²) in [4.78, 5) is 0. The molecule has 0 saturated carbocycles. The van der Waals surface area contributed by atoms with Gasteiger partial charge in [-0.25, -0.2) is 4.68 Å². The van der Waals surface area contributed by atoms with Gasteiger partial charge in [-0.15, -0.1) is 0 Å². The summed E-state index contributed by atoms with van der Waals surface area (Å²) in [7, 11) is 0. The van der Waals surface area contributed by atoms with Crippen LogP contribution in [0.1, 0.15) is 46.0 Å². The molecule has 0 fully saturated rings. The van der Waals surface area contributed by atoms with Gasteiger partial charge in [-0.3, -0.25) is 0 Å². The molecule has 0 amide bonds. The molecule has 0 unspecified atom stereocenters.